The molecular weight excluding hydrogens is 350 g/mol. The van der Waals surface area contributed by atoms with Crippen LogP contribution in [-0.2, 0) is 4.74 Å². The molecule has 0 heterocycles. The van der Waals surface area contributed by atoms with Crippen molar-refractivity contribution in [3.63, 3.8) is 0 Å². The van der Waals surface area contributed by atoms with Gasteiger partial charge >= 0.3 is 6.09 Å². The number of rotatable bonds is 11. The van der Waals surface area contributed by atoms with E-state index in [0.29, 0.717) is 13.0 Å². The number of carbonyl (C=O) groups excluding carboxylic acids is 1. The molecule has 0 bridgehead atoms. The first-order chi connectivity index (χ1) is 13.3. The Morgan fingerprint density at radius 1 is 1.11 bits per heavy atom. The summed E-state index contributed by atoms with van der Waals surface area (Å²) >= 11 is 0. The van der Waals surface area contributed by atoms with Crippen molar-refractivity contribution in [2.24, 2.45) is 0 Å². The second-order valence-electron chi connectivity index (χ2n) is 8.31. The third-order valence-corrected chi connectivity index (χ3v) is 4.62. The van der Waals surface area contributed by atoms with E-state index >= 15 is 0 Å². The molecule has 0 aliphatic heterocycles. The van der Waals surface area contributed by atoms with Crippen LogP contribution in [0.25, 0.3) is 0 Å². The molecule has 0 radical (unpaired) electrons. The van der Waals surface area contributed by atoms with Gasteiger partial charge in [-0.15, -0.1) is 0 Å². The fraction of sp³-hybridized carbons (Fsp3) is 0.625. The second-order valence-corrected chi connectivity index (χ2v) is 8.31. The van der Waals surface area contributed by atoms with Gasteiger partial charge in [0.1, 0.15) is 5.60 Å². The Labute approximate surface area is 171 Å². The molecule has 1 aromatic carbocycles. The van der Waals surface area contributed by atoms with E-state index in [4.69, 9.17) is 4.74 Å². The lowest BCUT2D eigenvalue weighted by Crippen LogP contribution is -2.37. The third kappa shape index (κ3) is 9.41. The smallest absolute Gasteiger partial charge is 0.414 e. The van der Waals surface area contributed by atoms with Crippen LogP contribution in [-0.4, -0.2) is 28.2 Å². The zero-order valence-electron chi connectivity index (χ0n) is 18.4. The highest BCUT2D eigenvalue weighted by atomic mass is 16.6. The van der Waals surface area contributed by atoms with E-state index in [1.54, 1.807) is 4.90 Å². The van der Waals surface area contributed by atoms with Crippen LogP contribution < -0.4 is 0 Å². The van der Waals surface area contributed by atoms with Gasteiger partial charge in [-0.05, 0) is 39.7 Å². The van der Waals surface area contributed by atoms with Crippen molar-refractivity contribution in [2.45, 2.75) is 91.3 Å². The highest BCUT2D eigenvalue weighted by molar-refractivity contribution is 5.70. The molecule has 0 fully saturated rings. The van der Waals surface area contributed by atoms with E-state index in [9.17, 15) is 9.90 Å². The number of allylic oxidation sites excluding steroid dienone is 1. The molecule has 0 spiro atoms. The number of nitrogens with zero attached hydrogens (tertiary/aromatic N) is 1. The molecule has 0 aliphatic carbocycles. The lowest BCUT2D eigenvalue weighted by molar-refractivity contribution is 0.0290. The molecule has 1 aromatic rings. The molecule has 4 heteroatoms. The van der Waals surface area contributed by atoms with Crippen molar-refractivity contribution in [3.05, 3.63) is 47.7 Å². The quantitative estimate of drug-likeness (QED) is 0.433. The van der Waals surface area contributed by atoms with Crippen LogP contribution in [0.5, 0.6) is 0 Å². The van der Waals surface area contributed by atoms with Gasteiger partial charge < -0.3 is 9.84 Å². The zero-order chi connectivity index (χ0) is 21.0. The predicted octanol–water partition coefficient (Wildman–Crippen LogP) is 6.61. The van der Waals surface area contributed by atoms with E-state index in [0.717, 1.165) is 24.1 Å². The SMILES string of the molecule is C/C=C(/CC(O)c1ccccc1)N(CCCCCCCC)C(=O)OC(C)(C)C. The summed E-state index contributed by atoms with van der Waals surface area (Å²) < 4.78 is 5.63. The monoisotopic (exact) mass is 389 g/mol. The highest BCUT2D eigenvalue weighted by Crippen LogP contribution is 2.25. The minimum Gasteiger partial charge on any atom is -0.443 e. The lowest BCUT2D eigenvalue weighted by atomic mass is 10.0. The van der Waals surface area contributed by atoms with Crippen LogP contribution in [0.15, 0.2) is 42.1 Å². The molecule has 1 unspecified atom stereocenters. The highest BCUT2D eigenvalue weighted by Gasteiger charge is 2.25. The van der Waals surface area contributed by atoms with Crippen molar-refractivity contribution >= 4 is 6.09 Å². The number of amides is 1. The summed E-state index contributed by atoms with van der Waals surface area (Å²) in [4.78, 5) is 14.5. The van der Waals surface area contributed by atoms with Gasteiger partial charge in [0, 0.05) is 18.7 Å². The van der Waals surface area contributed by atoms with E-state index in [1.165, 1.54) is 25.7 Å². The molecule has 28 heavy (non-hydrogen) atoms. The molecule has 1 atom stereocenters. The summed E-state index contributed by atoms with van der Waals surface area (Å²) in [5, 5.41) is 10.6. The molecule has 0 aromatic heterocycles. The summed E-state index contributed by atoms with van der Waals surface area (Å²) in [7, 11) is 0. The van der Waals surface area contributed by atoms with E-state index in [1.807, 2.05) is 64.1 Å². The van der Waals surface area contributed by atoms with Crippen molar-refractivity contribution in [1.82, 2.24) is 4.90 Å². The first kappa shape index (κ1) is 24.2. The van der Waals surface area contributed by atoms with E-state index in [2.05, 4.69) is 6.92 Å². The zero-order valence-corrected chi connectivity index (χ0v) is 18.4. The molecule has 0 aliphatic rings. The van der Waals surface area contributed by atoms with Gasteiger partial charge in [-0.25, -0.2) is 4.79 Å². The topological polar surface area (TPSA) is 49.8 Å². The molecule has 0 saturated heterocycles. The molecule has 1 amide bonds. The maximum Gasteiger partial charge on any atom is 0.414 e. The molecule has 1 rings (SSSR count). The Hall–Kier alpha value is -1.81. The van der Waals surface area contributed by atoms with Crippen LogP contribution in [0.4, 0.5) is 4.79 Å². The van der Waals surface area contributed by atoms with Crippen molar-refractivity contribution in [3.8, 4) is 0 Å². The summed E-state index contributed by atoms with van der Waals surface area (Å²) in [6.07, 6.45) is 8.25. The summed E-state index contributed by atoms with van der Waals surface area (Å²) in [6, 6.07) is 9.57. The minimum absolute atomic E-state index is 0.339. The van der Waals surface area contributed by atoms with E-state index in [-0.39, 0.29) is 6.09 Å². The molecule has 4 nitrogen and oxygen atoms in total. The Morgan fingerprint density at radius 2 is 1.71 bits per heavy atom. The maximum absolute atomic E-state index is 12.8. The first-order valence-electron chi connectivity index (χ1n) is 10.7. The van der Waals surface area contributed by atoms with Gasteiger partial charge in [0.2, 0.25) is 0 Å². The van der Waals surface area contributed by atoms with Crippen LogP contribution in [0, 0.1) is 0 Å². The number of benzene rings is 1. The maximum atomic E-state index is 12.8. The Morgan fingerprint density at radius 3 is 2.29 bits per heavy atom. The number of aliphatic hydroxyl groups excluding tert-OH is 1. The number of hydrogen-bond donors (Lipinski definition) is 1. The van der Waals surface area contributed by atoms with Crippen LogP contribution in [0.3, 0.4) is 0 Å². The number of ether oxygens (including phenoxy) is 1. The number of aliphatic hydroxyl groups is 1. The van der Waals surface area contributed by atoms with Crippen molar-refractivity contribution in [1.29, 1.82) is 0 Å². The normalized spacial score (nSPS) is 13.3. The fourth-order valence-corrected chi connectivity index (χ4v) is 3.09. The van der Waals surface area contributed by atoms with Crippen molar-refractivity contribution < 1.29 is 14.6 Å². The van der Waals surface area contributed by atoms with Gasteiger partial charge in [-0.1, -0.05) is 75.4 Å². The predicted molar refractivity (Wildman–Crippen MR) is 116 cm³/mol. The van der Waals surface area contributed by atoms with Gasteiger partial charge in [-0.3, -0.25) is 4.90 Å². The average molecular weight is 390 g/mol. The molecule has 0 saturated carbocycles. The van der Waals surface area contributed by atoms with Crippen LogP contribution >= 0.6 is 0 Å². The number of unbranched alkanes of at least 4 members (excludes halogenated alkanes) is 5. The Kier molecular flexibility index (Phi) is 10.9. The summed E-state index contributed by atoms with van der Waals surface area (Å²) in [5.74, 6) is 0. The number of hydrogen-bond acceptors (Lipinski definition) is 3. The molecule has 1 N–H and O–H groups in total. The molecule has 158 valence electrons. The van der Waals surface area contributed by atoms with Gasteiger partial charge in [-0.2, -0.15) is 0 Å². The number of carbonyl (C=O) groups is 1. The Balaban J connectivity index is 2.79. The minimum atomic E-state index is -0.651. The third-order valence-electron chi connectivity index (χ3n) is 4.62. The van der Waals surface area contributed by atoms with Crippen LogP contribution in [0.1, 0.15) is 91.2 Å². The standard InChI is InChI=1S/C24H39NO3/c1-6-8-9-10-11-15-18-25(23(27)28-24(3,4)5)21(7-2)19-22(26)20-16-13-12-14-17-20/h7,12-14,16-17,22,26H,6,8-11,15,18-19H2,1-5H3/b21-7-. The fourth-order valence-electron chi connectivity index (χ4n) is 3.09. The average Bonchev–Trinajstić information content (AvgIpc) is 2.65. The van der Waals surface area contributed by atoms with Gasteiger partial charge in [0.05, 0.1) is 6.10 Å². The van der Waals surface area contributed by atoms with Gasteiger partial charge in [0.25, 0.3) is 0 Å². The van der Waals surface area contributed by atoms with Gasteiger partial charge in [0.15, 0.2) is 0 Å². The Bertz CT molecular complexity index is 590. The summed E-state index contributed by atoms with van der Waals surface area (Å²) in [5.41, 5.74) is 1.11. The largest absolute Gasteiger partial charge is 0.443 e. The van der Waals surface area contributed by atoms with E-state index < -0.39 is 11.7 Å². The van der Waals surface area contributed by atoms with Crippen LogP contribution in [0.2, 0.25) is 0 Å². The molecular formula is C24H39NO3. The second kappa shape index (κ2) is 12.6. The lowest BCUT2D eigenvalue weighted by Gasteiger charge is -2.30. The summed E-state index contributed by atoms with van der Waals surface area (Å²) in [6.45, 7) is 10.4. The van der Waals surface area contributed by atoms with Crippen molar-refractivity contribution in [2.75, 3.05) is 6.54 Å². The first-order valence-corrected chi connectivity index (χ1v) is 10.7.